The Morgan fingerprint density at radius 3 is 2.80 bits per heavy atom. The van der Waals surface area contributed by atoms with E-state index in [1.807, 2.05) is 25.2 Å². The Morgan fingerprint density at radius 1 is 1.50 bits per heavy atom. The van der Waals surface area contributed by atoms with Gasteiger partial charge in [0.15, 0.2) is 0 Å². The van der Waals surface area contributed by atoms with Gasteiger partial charge in [-0.2, -0.15) is 0 Å². The Bertz CT molecular complexity index is 462. The molecule has 2 unspecified atom stereocenters. The van der Waals surface area contributed by atoms with Crippen molar-refractivity contribution in [2.75, 3.05) is 13.7 Å². The zero-order valence-electron chi connectivity index (χ0n) is 12.7. The minimum absolute atomic E-state index is 0.0239. The lowest BCUT2D eigenvalue weighted by molar-refractivity contribution is -0.0326. The first-order valence-electron chi connectivity index (χ1n) is 7.18. The Kier molecular flexibility index (Phi) is 4.95. The molecule has 1 aliphatic rings. The number of ether oxygens (including phenoxy) is 2. The maximum Gasteiger partial charge on any atom is 0.138 e. The first-order valence-corrected chi connectivity index (χ1v) is 7.56. The molecule has 1 aromatic carbocycles. The van der Waals surface area contributed by atoms with Crippen LogP contribution in [0.2, 0.25) is 5.02 Å². The minimum atomic E-state index is -0.0239. The average molecular weight is 298 g/mol. The van der Waals surface area contributed by atoms with Crippen LogP contribution >= 0.6 is 11.6 Å². The van der Waals surface area contributed by atoms with Gasteiger partial charge < -0.3 is 14.8 Å². The van der Waals surface area contributed by atoms with Gasteiger partial charge in [-0.1, -0.05) is 17.7 Å². The van der Waals surface area contributed by atoms with E-state index < -0.39 is 0 Å². The largest absolute Gasteiger partial charge is 0.489 e. The van der Waals surface area contributed by atoms with Gasteiger partial charge in [0.05, 0.1) is 16.7 Å². The summed E-state index contributed by atoms with van der Waals surface area (Å²) >= 11 is 6.28. The molecule has 0 aromatic heterocycles. The highest BCUT2D eigenvalue weighted by molar-refractivity contribution is 6.32. The molecule has 2 rings (SSSR count). The van der Waals surface area contributed by atoms with Crippen LogP contribution in [-0.4, -0.2) is 25.4 Å². The Balaban J connectivity index is 1.94. The third kappa shape index (κ3) is 3.87. The average Bonchev–Trinajstić information content (AvgIpc) is 2.76. The zero-order valence-corrected chi connectivity index (χ0v) is 13.5. The second kappa shape index (κ2) is 6.33. The van der Waals surface area contributed by atoms with Crippen LogP contribution in [0.5, 0.6) is 5.75 Å². The van der Waals surface area contributed by atoms with Crippen LogP contribution in [0.15, 0.2) is 18.2 Å². The Hall–Kier alpha value is -0.770. The summed E-state index contributed by atoms with van der Waals surface area (Å²) in [6.07, 6.45) is 2.28. The summed E-state index contributed by atoms with van der Waals surface area (Å²) in [5.41, 5.74) is 1.13. The normalized spacial score (nSPS) is 22.8. The molecule has 0 saturated carbocycles. The molecule has 0 spiro atoms. The molecule has 1 N–H and O–H groups in total. The van der Waals surface area contributed by atoms with Gasteiger partial charge in [-0.3, -0.25) is 0 Å². The van der Waals surface area contributed by atoms with Crippen LogP contribution in [-0.2, 0) is 4.74 Å². The van der Waals surface area contributed by atoms with Gasteiger partial charge in [0, 0.05) is 6.04 Å². The highest BCUT2D eigenvalue weighted by atomic mass is 35.5. The quantitative estimate of drug-likeness (QED) is 0.892. The molecule has 112 valence electrons. The van der Waals surface area contributed by atoms with E-state index >= 15 is 0 Å². The van der Waals surface area contributed by atoms with Crippen molar-refractivity contribution in [3.05, 3.63) is 28.8 Å². The fourth-order valence-electron chi connectivity index (χ4n) is 2.45. The molecule has 0 amide bonds. The zero-order chi connectivity index (χ0) is 14.8. The number of benzene rings is 1. The first-order chi connectivity index (χ1) is 9.41. The van der Waals surface area contributed by atoms with Crippen molar-refractivity contribution in [1.82, 2.24) is 5.32 Å². The summed E-state index contributed by atoms with van der Waals surface area (Å²) in [5, 5.41) is 3.85. The SMILES string of the molecule is CNC(C)c1ccc(OCC2CCC(C)(C)O2)c(Cl)c1. The molecule has 1 aromatic rings. The van der Waals surface area contributed by atoms with E-state index in [0.717, 1.165) is 24.2 Å². The number of hydrogen-bond donors (Lipinski definition) is 1. The third-order valence-electron chi connectivity index (χ3n) is 3.87. The smallest absolute Gasteiger partial charge is 0.138 e. The Labute approximate surface area is 126 Å². The number of rotatable bonds is 5. The molecule has 3 nitrogen and oxygen atoms in total. The fourth-order valence-corrected chi connectivity index (χ4v) is 2.69. The second-order valence-corrected chi connectivity index (χ2v) is 6.46. The first kappa shape index (κ1) is 15.6. The van der Waals surface area contributed by atoms with E-state index in [1.165, 1.54) is 0 Å². The number of hydrogen-bond acceptors (Lipinski definition) is 3. The molecule has 2 atom stereocenters. The number of nitrogens with one attached hydrogen (secondary N) is 1. The van der Waals surface area contributed by atoms with E-state index in [9.17, 15) is 0 Å². The second-order valence-electron chi connectivity index (χ2n) is 6.05. The van der Waals surface area contributed by atoms with Gasteiger partial charge in [0.1, 0.15) is 12.4 Å². The monoisotopic (exact) mass is 297 g/mol. The molecule has 1 fully saturated rings. The van der Waals surface area contributed by atoms with Crippen molar-refractivity contribution in [3.63, 3.8) is 0 Å². The maximum absolute atomic E-state index is 6.28. The van der Waals surface area contributed by atoms with Gasteiger partial charge >= 0.3 is 0 Å². The summed E-state index contributed by atoms with van der Waals surface area (Å²) in [6.45, 7) is 6.90. The lowest BCUT2D eigenvalue weighted by atomic mass is 10.1. The van der Waals surface area contributed by atoms with Crippen molar-refractivity contribution in [2.24, 2.45) is 0 Å². The predicted molar refractivity (Wildman–Crippen MR) is 82.6 cm³/mol. The molecular formula is C16H24ClNO2. The van der Waals surface area contributed by atoms with Crippen molar-refractivity contribution in [1.29, 1.82) is 0 Å². The van der Waals surface area contributed by atoms with Gasteiger partial charge in [0.25, 0.3) is 0 Å². The van der Waals surface area contributed by atoms with Gasteiger partial charge in [-0.25, -0.2) is 0 Å². The van der Waals surface area contributed by atoms with E-state index in [-0.39, 0.29) is 17.7 Å². The molecular weight excluding hydrogens is 274 g/mol. The van der Waals surface area contributed by atoms with Crippen molar-refractivity contribution >= 4 is 11.6 Å². The topological polar surface area (TPSA) is 30.5 Å². The van der Waals surface area contributed by atoms with Crippen molar-refractivity contribution in [2.45, 2.75) is 51.4 Å². The summed E-state index contributed by atoms with van der Waals surface area (Å²) in [5.74, 6) is 0.729. The standard InChI is InChI=1S/C16H24ClNO2/c1-11(18-4)12-5-6-15(14(17)9-12)19-10-13-7-8-16(2,3)20-13/h5-6,9,11,13,18H,7-8,10H2,1-4H3. The minimum Gasteiger partial charge on any atom is -0.489 e. The molecule has 4 heteroatoms. The third-order valence-corrected chi connectivity index (χ3v) is 4.16. The van der Waals surface area contributed by atoms with Crippen molar-refractivity contribution in [3.8, 4) is 5.75 Å². The van der Waals surface area contributed by atoms with Gasteiger partial charge in [-0.15, -0.1) is 0 Å². The Morgan fingerprint density at radius 2 is 2.25 bits per heavy atom. The molecule has 20 heavy (non-hydrogen) atoms. The molecule has 0 bridgehead atoms. The van der Waals surface area contributed by atoms with Crippen LogP contribution in [0.3, 0.4) is 0 Å². The maximum atomic E-state index is 6.28. The molecule has 0 radical (unpaired) electrons. The fraction of sp³-hybridized carbons (Fsp3) is 0.625. The molecule has 0 aliphatic carbocycles. The summed E-state index contributed by atoms with van der Waals surface area (Å²) in [4.78, 5) is 0. The van der Waals surface area contributed by atoms with E-state index in [1.54, 1.807) is 0 Å². The highest BCUT2D eigenvalue weighted by Crippen LogP contribution is 2.31. The van der Waals surface area contributed by atoms with E-state index in [4.69, 9.17) is 21.1 Å². The van der Waals surface area contributed by atoms with Crippen LogP contribution in [0.1, 0.15) is 45.2 Å². The predicted octanol–water partition coefficient (Wildman–Crippen LogP) is 3.96. The highest BCUT2D eigenvalue weighted by Gasteiger charge is 2.32. The summed E-state index contributed by atoms with van der Waals surface area (Å²) in [6, 6.07) is 6.21. The van der Waals surface area contributed by atoms with E-state index in [0.29, 0.717) is 11.6 Å². The lowest BCUT2D eigenvalue weighted by Crippen LogP contribution is -2.24. The summed E-state index contributed by atoms with van der Waals surface area (Å²) in [7, 11) is 1.93. The molecule has 1 saturated heterocycles. The number of halogens is 1. The molecule has 1 aliphatic heterocycles. The lowest BCUT2D eigenvalue weighted by Gasteiger charge is -2.20. The molecule has 1 heterocycles. The van der Waals surface area contributed by atoms with E-state index in [2.05, 4.69) is 26.1 Å². The van der Waals surface area contributed by atoms with Crippen LogP contribution < -0.4 is 10.1 Å². The van der Waals surface area contributed by atoms with Crippen LogP contribution in [0.25, 0.3) is 0 Å². The van der Waals surface area contributed by atoms with Gasteiger partial charge in [-0.05, 0) is 58.4 Å². The summed E-state index contributed by atoms with van der Waals surface area (Å²) < 4.78 is 11.7. The van der Waals surface area contributed by atoms with Crippen molar-refractivity contribution < 1.29 is 9.47 Å². The van der Waals surface area contributed by atoms with Crippen LogP contribution in [0, 0.1) is 0 Å². The van der Waals surface area contributed by atoms with Gasteiger partial charge in [0.2, 0.25) is 0 Å². The van der Waals surface area contributed by atoms with Crippen LogP contribution in [0.4, 0.5) is 0 Å².